The van der Waals surface area contributed by atoms with Gasteiger partial charge in [0.1, 0.15) is 6.10 Å². The average Bonchev–Trinajstić information content (AvgIpc) is 3.04. The van der Waals surface area contributed by atoms with Gasteiger partial charge in [0.25, 0.3) is 0 Å². The Hall–Kier alpha value is -0.620. The summed E-state index contributed by atoms with van der Waals surface area (Å²) in [6, 6.07) is 1.45. The fraction of sp³-hybridized carbons (Fsp3) is 0.867. The van der Waals surface area contributed by atoms with E-state index in [1.807, 2.05) is 6.08 Å². The van der Waals surface area contributed by atoms with Crippen molar-refractivity contribution in [2.75, 3.05) is 13.2 Å². The minimum Gasteiger partial charge on any atom is -0.365 e. The van der Waals surface area contributed by atoms with Crippen molar-refractivity contribution < 1.29 is 14.6 Å². The van der Waals surface area contributed by atoms with Crippen molar-refractivity contribution in [3.05, 3.63) is 11.8 Å². The van der Waals surface area contributed by atoms with Crippen LogP contribution in [0.4, 0.5) is 0 Å². The van der Waals surface area contributed by atoms with Gasteiger partial charge in [0.2, 0.25) is 0 Å². The lowest BCUT2D eigenvalue weighted by Crippen LogP contribution is -2.52. The highest BCUT2D eigenvalue weighted by Crippen LogP contribution is 2.56. The molecule has 20 heavy (non-hydrogen) atoms. The summed E-state index contributed by atoms with van der Waals surface area (Å²) in [6.07, 6.45) is 8.22. The van der Waals surface area contributed by atoms with Crippen LogP contribution in [0.2, 0.25) is 0 Å². The van der Waals surface area contributed by atoms with Crippen molar-refractivity contribution in [2.24, 2.45) is 5.41 Å². The Bertz CT molecular complexity index is 454. The van der Waals surface area contributed by atoms with Crippen molar-refractivity contribution in [3.63, 3.8) is 0 Å². The van der Waals surface area contributed by atoms with Crippen LogP contribution >= 0.6 is 0 Å². The lowest BCUT2D eigenvalue weighted by Gasteiger charge is -2.44. The number of nitrogens with zero attached hydrogens (tertiary/aromatic N) is 1. The molecule has 5 heterocycles. The molecule has 4 saturated heterocycles. The summed E-state index contributed by atoms with van der Waals surface area (Å²) in [5.74, 6) is 0. The fourth-order valence-electron chi connectivity index (χ4n) is 5.04. The predicted octanol–water partition coefficient (Wildman–Crippen LogP) is 0.550. The number of aliphatic hydroxyl groups excluding tert-OH is 1. The number of piperidine rings is 2. The molecule has 0 amide bonds. The van der Waals surface area contributed by atoms with E-state index in [-0.39, 0.29) is 6.23 Å². The molecule has 0 aromatic heterocycles. The van der Waals surface area contributed by atoms with Gasteiger partial charge in [-0.15, -0.1) is 0 Å². The van der Waals surface area contributed by atoms with Crippen LogP contribution in [0.15, 0.2) is 11.8 Å². The normalized spacial score (nSPS) is 53.1. The second kappa shape index (κ2) is 3.97. The zero-order valence-electron chi connectivity index (χ0n) is 11.6. The van der Waals surface area contributed by atoms with E-state index >= 15 is 0 Å². The van der Waals surface area contributed by atoms with Crippen molar-refractivity contribution in [1.82, 2.24) is 10.2 Å². The first kappa shape index (κ1) is 12.0. The lowest BCUT2D eigenvalue weighted by atomic mass is 9.69. The first-order chi connectivity index (χ1) is 9.73. The topological polar surface area (TPSA) is 57.3 Å². The molecule has 4 fully saturated rings. The van der Waals surface area contributed by atoms with Crippen molar-refractivity contribution in [3.8, 4) is 0 Å². The number of likely N-dealkylation sites (tertiary alicyclic amines) is 1. The molecule has 0 aromatic rings. The first-order valence-electron chi connectivity index (χ1n) is 7.92. The maximum Gasteiger partial charge on any atom is 0.176 e. The van der Waals surface area contributed by atoms with E-state index in [0.717, 1.165) is 24.3 Å². The number of ether oxygens (including phenoxy) is 2. The van der Waals surface area contributed by atoms with Crippen LogP contribution in [0.1, 0.15) is 32.1 Å². The van der Waals surface area contributed by atoms with E-state index in [0.29, 0.717) is 18.1 Å². The second-order valence-electron chi connectivity index (χ2n) is 7.16. The van der Waals surface area contributed by atoms with Gasteiger partial charge in [-0.3, -0.25) is 0 Å². The van der Waals surface area contributed by atoms with E-state index in [2.05, 4.69) is 10.2 Å². The van der Waals surface area contributed by atoms with Gasteiger partial charge in [-0.2, -0.15) is 0 Å². The SMILES string of the molecule is OC1C=C(N2CCC3(CC4CCC(C3)N4)C3OC32)CO1. The van der Waals surface area contributed by atoms with Crippen LogP contribution in [0.25, 0.3) is 0 Å². The molecule has 5 heteroatoms. The zero-order valence-corrected chi connectivity index (χ0v) is 11.6. The van der Waals surface area contributed by atoms with Crippen molar-refractivity contribution in [1.29, 1.82) is 0 Å². The molecule has 0 radical (unpaired) electrons. The van der Waals surface area contributed by atoms with Gasteiger partial charge in [-0.25, -0.2) is 0 Å². The number of rotatable bonds is 1. The van der Waals surface area contributed by atoms with Crippen molar-refractivity contribution >= 4 is 0 Å². The monoisotopic (exact) mass is 278 g/mol. The Labute approximate surface area is 118 Å². The molecule has 5 nitrogen and oxygen atoms in total. The molecule has 1 spiro atoms. The smallest absolute Gasteiger partial charge is 0.176 e. The molecule has 0 saturated carbocycles. The number of fused-ring (bicyclic) bond motifs is 4. The highest BCUT2D eigenvalue weighted by atomic mass is 16.6. The van der Waals surface area contributed by atoms with Gasteiger partial charge in [0.15, 0.2) is 12.5 Å². The minimum absolute atomic E-state index is 0.237. The van der Waals surface area contributed by atoms with Crippen LogP contribution in [0, 0.1) is 5.41 Å². The number of aliphatic hydroxyl groups is 1. The van der Waals surface area contributed by atoms with Gasteiger partial charge < -0.3 is 24.8 Å². The quantitative estimate of drug-likeness (QED) is 0.686. The molecule has 2 N–H and O–H groups in total. The summed E-state index contributed by atoms with van der Waals surface area (Å²) in [4.78, 5) is 2.32. The Morgan fingerprint density at radius 1 is 1.30 bits per heavy atom. The number of hydrogen-bond acceptors (Lipinski definition) is 5. The Kier molecular flexibility index (Phi) is 2.38. The number of hydrogen-bond donors (Lipinski definition) is 2. The van der Waals surface area contributed by atoms with E-state index in [9.17, 15) is 5.11 Å². The predicted molar refractivity (Wildman–Crippen MR) is 71.6 cm³/mol. The molecule has 5 rings (SSSR count). The van der Waals surface area contributed by atoms with Gasteiger partial charge in [-0.05, 0) is 38.2 Å². The zero-order chi connectivity index (χ0) is 13.3. The molecule has 110 valence electrons. The maximum atomic E-state index is 9.48. The van der Waals surface area contributed by atoms with E-state index in [4.69, 9.17) is 9.47 Å². The summed E-state index contributed by atoms with van der Waals surface area (Å²) in [7, 11) is 0. The van der Waals surface area contributed by atoms with Crippen LogP contribution < -0.4 is 5.32 Å². The Morgan fingerprint density at radius 2 is 2.10 bits per heavy atom. The summed E-state index contributed by atoms with van der Waals surface area (Å²) in [6.45, 7) is 1.57. The molecular weight excluding hydrogens is 256 g/mol. The third-order valence-electron chi connectivity index (χ3n) is 5.98. The van der Waals surface area contributed by atoms with Crippen molar-refractivity contribution in [2.45, 2.75) is 62.8 Å². The molecule has 5 unspecified atom stereocenters. The Morgan fingerprint density at radius 3 is 2.80 bits per heavy atom. The van der Waals surface area contributed by atoms with E-state index in [1.54, 1.807) is 0 Å². The molecule has 0 aromatic carbocycles. The lowest BCUT2D eigenvalue weighted by molar-refractivity contribution is -0.0421. The van der Waals surface area contributed by atoms with Gasteiger partial charge in [0, 0.05) is 29.7 Å². The van der Waals surface area contributed by atoms with Gasteiger partial charge in [-0.1, -0.05) is 0 Å². The summed E-state index contributed by atoms with van der Waals surface area (Å²) in [5.41, 5.74) is 1.52. The minimum atomic E-state index is -0.729. The molecular formula is C15H22N2O3. The molecule has 2 bridgehead atoms. The van der Waals surface area contributed by atoms with Crippen LogP contribution in [0.5, 0.6) is 0 Å². The van der Waals surface area contributed by atoms with Crippen LogP contribution in [-0.4, -0.2) is 53.9 Å². The van der Waals surface area contributed by atoms with Gasteiger partial charge >= 0.3 is 0 Å². The third-order valence-corrected chi connectivity index (χ3v) is 5.98. The van der Waals surface area contributed by atoms with Crippen LogP contribution in [-0.2, 0) is 9.47 Å². The summed E-state index contributed by atoms with van der Waals surface area (Å²) < 4.78 is 11.3. The standard InChI is InChI=1S/C15H22N2O3/c18-12-5-11(8-19-12)17-4-3-15(13-14(17)20-13)6-9-1-2-10(7-15)16-9/h5,9-10,12-14,16,18H,1-4,6-8H2. The fourth-order valence-corrected chi connectivity index (χ4v) is 5.04. The molecule has 5 aliphatic rings. The van der Waals surface area contributed by atoms with Gasteiger partial charge in [0.05, 0.1) is 6.61 Å². The summed E-state index contributed by atoms with van der Waals surface area (Å²) >= 11 is 0. The van der Waals surface area contributed by atoms with E-state index in [1.165, 1.54) is 32.1 Å². The Balaban J connectivity index is 1.35. The molecule has 0 aliphatic carbocycles. The first-order valence-corrected chi connectivity index (χ1v) is 7.92. The molecule has 5 aliphatic heterocycles. The maximum absolute atomic E-state index is 9.48. The number of nitrogens with one attached hydrogen (secondary N) is 1. The molecule has 5 atom stereocenters. The summed E-state index contributed by atoms with van der Waals surface area (Å²) in [5, 5.41) is 13.2. The number of epoxide rings is 1. The highest BCUT2D eigenvalue weighted by molar-refractivity contribution is 5.18. The van der Waals surface area contributed by atoms with Crippen LogP contribution in [0.3, 0.4) is 0 Å². The van der Waals surface area contributed by atoms with E-state index < -0.39 is 6.29 Å². The second-order valence-corrected chi connectivity index (χ2v) is 7.16. The highest BCUT2D eigenvalue weighted by Gasteiger charge is 2.63. The average molecular weight is 278 g/mol. The largest absolute Gasteiger partial charge is 0.365 e. The third kappa shape index (κ3) is 1.64.